The van der Waals surface area contributed by atoms with E-state index in [4.69, 9.17) is 0 Å². The molecule has 108 valence electrons. The molecule has 0 bridgehead atoms. The average molecular weight is 289 g/mol. The van der Waals surface area contributed by atoms with Crippen LogP contribution in [0.2, 0.25) is 0 Å². The maximum absolute atomic E-state index is 4.58. The molecule has 3 nitrogen and oxygen atoms in total. The highest BCUT2D eigenvalue weighted by molar-refractivity contribution is 7.10. The summed E-state index contributed by atoms with van der Waals surface area (Å²) in [6.07, 6.45) is 1.10. The normalized spacial score (nSPS) is 11.3. The van der Waals surface area contributed by atoms with Gasteiger partial charge in [-0.2, -0.15) is 0 Å². The highest BCUT2D eigenvalue weighted by Crippen LogP contribution is 2.27. The minimum Gasteiger partial charge on any atom is -0.370 e. The van der Waals surface area contributed by atoms with E-state index in [0.29, 0.717) is 0 Å². The lowest BCUT2D eigenvalue weighted by Crippen LogP contribution is -2.26. The van der Waals surface area contributed by atoms with Gasteiger partial charge in [0.05, 0.1) is 0 Å². The van der Waals surface area contributed by atoms with Crippen LogP contribution < -0.4 is 10.6 Å². The van der Waals surface area contributed by atoms with E-state index in [0.717, 1.165) is 31.1 Å². The summed E-state index contributed by atoms with van der Waals surface area (Å²) in [5.41, 5.74) is 0.114. The molecule has 0 aromatic carbocycles. The molecule has 0 saturated carbocycles. The molecule has 2 heterocycles. The molecular weight excluding hydrogens is 266 g/mol. The van der Waals surface area contributed by atoms with Gasteiger partial charge in [0, 0.05) is 23.4 Å². The zero-order valence-electron chi connectivity index (χ0n) is 12.4. The van der Waals surface area contributed by atoms with E-state index in [1.54, 1.807) is 11.3 Å². The molecule has 4 heteroatoms. The minimum atomic E-state index is 0.114. The van der Waals surface area contributed by atoms with Crippen molar-refractivity contribution in [2.24, 2.45) is 0 Å². The molecule has 0 aliphatic rings. The van der Waals surface area contributed by atoms with Crippen LogP contribution >= 0.6 is 11.3 Å². The lowest BCUT2D eigenvalue weighted by atomic mass is 9.91. The van der Waals surface area contributed by atoms with Gasteiger partial charge in [-0.05, 0) is 30.0 Å². The number of thiophene rings is 1. The van der Waals surface area contributed by atoms with Crippen molar-refractivity contribution in [2.75, 3.05) is 23.7 Å². The van der Waals surface area contributed by atoms with Gasteiger partial charge < -0.3 is 10.6 Å². The number of nitrogens with one attached hydrogen (secondary N) is 2. The second-order valence-corrected chi connectivity index (χ2v) is 6.50. The molecule has 0 spiro atoms. The van der Waals surface area contributed by atoms with Crippen LogP contribution in [-0.2, 0) is 5.41 Å². The monoisotopic (exact) mass is 289 g/mol. The van der Waals surface area contributed by atoms with Gasteiger partial charge in [-0.1, -0.05) is 32.9 Å². The van der Waals surface area contributed by atoms with Crippen molar-refractivity contribution in [3.8, 4) is 0 Å². The maximum Gasteiger partial charge on any atom is 0.128 e. The fraction of sp³-hybridized carbons (Fsp3) is 0.438. The predicted molar refractivity (Wildman–Crippen MR) is 88.9 cm³/mol. The molecule has 0 saturated heterocycles. The molecule has 0 radical (unpaired) electrons. The van der Waals surface area contributed by atoms with Crippen LogP contribution in [-0.4, -0.2) is 18.1 Å². The summed E-state index contributed by atoms with van der Waals surface area (Å²) >= 11 is 1.81. The topological polar surface area (TPSA) is 37.0 Å². The molecule has 2 rings (SSSR count). The Bertz CT molecular complexity index is 520. The molecular formula is C16H23N3S. The van der Waals surface area contributed by atoms with Gasteiger partial charge in [-0.15, -0.1) is 11.3 Å². The van der Waals surface area contributed by atoms with E-state index >= 15 is 0 Å². The van der Waals surface area contributed by atoms with Crippen LogP contribution in [0.3, 0.4) is 0 Å². The summed E-state index contributed by atoms with van der Waals surface area (Å²) < 4.78 is 0. The molecule has 0 aliphatic carbocycles. The zero-order valence-corrected chi connectivity index (χ0v) is 13.3. The highest BCUT2D eigenvalue weighted by Gasteiger charge is 2.21. The van der Waals surface area contributed by atoms with E-state index in [1.165, 1.54) is 4.88 Å². The lowest BCUT2D eigenvalue weighted by molar-refractivity contribution is 0.568. The first-order chi connectivity index (χ1) is 9.62. The van der Waals surface area contributed by atoms with E-state index in [9.17, 15) is 0 Å². The third-order valence-electron chi connectivity index (χ3n) is 3.20. The van der Waals surface area contributed by atoms with E-state index in [-0.39, 0.29) is 5.41 Å². The largest absolute Gasteiger partial charge is 0.370 e. The van der Waals surface area contributed by atoms with Crippen LogP contribution in [0, 0.1) is 0 Å². The first-order valence-corrected chi connectivity index (χ1v) is 7.98. The second kappa shape index (κ2) is 6.75. The fourth-order valence-electron chi connectivity index (χ4n) is 1.95. The van der Waals surface area contributed by atoms with Gasteiger partial charge in [-0.3, -0.25) is 0 Å². The van der Waals surface area contributed by atoms with Crippen LogP contribution in [0.1, 0.15) is 32.1 Å². The summed E-state index contributed by atoms with van der Waals surface area (Å²) in [7, 11) is 0. The van der Waals surface area contributed by atoms with Crippen molar-refractivity contribution in [1.82, 2.24) is 4.98 Å². The Kier molecular flexibility index (Phi) is 5.01. The quantitative estimate of drug-likeness (QED) is 0.795. The predicted octanol–water partition coefficient (Wildman–Crippen LogP) is 4.35. The molecule has 2 aromatic heterocycles. The summed E-state index contributed by atoms with van der Waals surface area (Å²) in [5, 5.41) is 8.89. The van der Waals surface area contributed by atoms with Crippen molar-refractivity contribution in [1.29, 1.82) is 0 Å². The maximum atomic E-state index is 4.58. The van der Waals surface area contributed by atoms with Crippen LogP contribution in [0.4, 0.5) is 11.6 Å². The van der Waals surface area contributed by atoms with E-state index in [2.05, 4.69) is 53.9 Å². The molecule has 0 unspecified atom stereocenters. The lowest BCUT2D eigenvalue weighted by Gasteiger charge is -2.24. The smallest absolute Gasteiger partial charge is 0.128 e. The molecule has 2 N–H and O–H groups in total. The summed E-state index contributed by atoms with van der Waals surface area (Å²) in [6, 6.07) is 10.4. The average Bonchev–Trinajstić information content (AvgIpc) is 2.98. The van der Waals surface area contributed by atoms with Crippen LogP contribution in [0.5, 0.6) is 0 Å². The van der Waals surface area contributed by atoms with Gasteiger partial charge in [-0.25, -0.2) is 4.98 Å². The Morgan fingerprint density at radius 2 is 1.85 bits per heavy atom. The number of nitrogens with zero attached hydrogens (tertiary/aromatic N) is 1. The van der Waals surface area contributed by atoms with Crippen molar-refractivity contribution >= 4 is 23.0 Å². The summed E-state index contributed by atoms with van der Waals surface area (Å²) in [6.45, 7) is 8.49. The third-order valence-corrected chi connectivity index (χ3v) is 4.44. The summed E-state index contributed by atoms with van der Waals surface area (Å²) in [4.78, 5) is 5.97. The molecule has 0 amide bonds. The number of hydrogen-bond acceptors (Lipinski definition) is 4. The second-order valence-electron chi connectivity index (χ2n) is 5.55. The summed E-state index contributed by atoms with van der Waals surface area (Å²) in [5.74, 6) is 1.86. The van der Waals surface area contributed by atoms with Gasteiger partial charge in [0.1, 0.15) is 11.6 Å². The van der Waals surface area contributed by atoms with Crippen LogP contribution in [0.15, 0.2) is 35.7 Å². The Hall–Kier alpha value is -1.55. The number of aromatic nitrogens is 1. The fourth-order valence-corrected chi connectivity index (χ4v) is 2.80. The Morgan fingerprint density at radius 3 is 2.50 bits per heavy atom. The van der Waals surface area contributed by atoms with Gasteiger partial charge in [0.25, 0.3) is 0 Å². The van der Waals surface area contributed by atoms with Crippen LogP contribution in [0.25, 0.3) is 0 Å². The Balaban J connectivity index is 1.96. The molecule has 2 aromatic rings. The van der Waals surface area contributed by atoms with Gasteiger partial charge in [0.2, 0.25) is 0 Å². The molecule has 0 fully saturated rings. The highest BCUT2D eigenvalue weighted by atomic mass is 32.1. The molecule has 20 heavy (non-hydrogen) atoms. The van der Waals surface area contributed by atoms with Gasteiger partial charge >= 0.3 is 0 Å². The van der Waals surface area contributed by atoms with Crippen molar-refractivity contribution in [3.63, 3.8) is 0 Å². The van der Waals surface area contributed by atoms with Crippen molar-refractivity contribution in [3.05, 3.63) is 40.6 Å². The van der Waals surface area contributed by atoms with E-state index < -0.39 is 0 Å². The number of anilines is 2. The number of hydrogen-bond donors (Lipinski definition) is 2. The van der Waals surface area contributed by atoms with Gasteiger partial charge in [0.15, 0.2) is 0 Å². The van der Waals surface area contributed by atoms with E-state index in [1.807, 2.05) is 18.2 Å². The van der Waals surface area contributed by atoms with Crippen molar-refractivity contribution < 1.29 is 0 Å². The Labute approximate surface area is 125 Å². The SMILES string of the molecule is CCCNc1cccc(NCC(C)(C)c2cccs2)n1. The standard InChI is InChI=1S/C16H23N3S/c1-4-10-17-14-8-5-9-15(19-14)18-12-16(2,3)13-7-6-11-20-13/h5-9,11H,4,10,12H2,1-3H3,(H2,17,18,19). The zero-order chi connectivity index (χ0) is 14.4. The number of rotatable bonds is 7. The molecule has 0 aliphatic heterocycles. The molecule has 0 atom stereocenters. The third kappa shape index (κ3) is 3.97. The Morgan fingerprint density at radius 1 is 1.10 bits per heavy atom. The first-order valence-electron chi connectivity index (χ1n) is 7.10. The minimum absolute atomic E-state index is 0.114. The first kappa shape index (κ1) is 14.9. The van der Waals surface area contributed by atoms with Crippen molar-refractivity contribution in [2.45, 2.75) is 32.6 Å². The number of pyridine rings is 1.